The Morgan fingerprint density at radius 1 is 1.19 bits per heavy atom. The van der Waals surface area contributed by atoms with Gasteiger partial charge in [-0.25, -0.2) is 0 Å². The summed E-state index contributed by atoms with van der Waals surface area (Å²) in [6.07, 6.45) is 6.63. The summed E-state index contributed by atoms with van der Waals surface area (Å²) >= 11 is 0. The molecule has 3 rings (SSSR count). The summed E-state index contributed by atoms with van der Waals surface area (Å²) in [7, 11) is 0. The molecule has 2 atom stereocenters. The van der Waals surface area contributed by atoms with Crippen molar-refractivity contribution in [1.82, 2.24) is 9.80 Å². The van der Waals surface area contributed by atoms with Crippen LogP contribution in [0.5, 0.6) is 0 Å². The Morgan fingerprint density at radius 2 is 1.90 bits per heavy atom. The second-order valence-corrected chi connectivity index (χ2v) is 7.55. The van der Waals surface area contributed by atoms with Gasteiger partial charge in [0.25, 0.3) is 0 Å². The fourth-order valence-corrected chi connectivity index (χ4v) is 4.40. The van der Waals surface area contributed by atoms with Crippen LogP contribution in [0.4, 0.5) is 0 Å². The van der Waals surface area contributed by atoms with Crippen molar-refractivity contribution in [1.29, 1.82) is 0 Å². The Balaban J connectivity index is 1.87. The van der Waals surface area contributed by atoms with Crippen LogP contribution in [0.1, 0.15) is 59.3 Å². The highest BCUT2D eigenvalue weighted by molar-refractivity contribution is 5.97. The van der Waals surface area contributed by atoms with E-state index in [1.165, 1.54) is 19.3 Å². The van der Waals surface area contributed by atoms with Gasteiger partial charge in [-0.1, -0.05) is 27.2 Å². The lowest BCUT2D eigenvalue weighted by Gasteiger charge is -2.50. The number of amides is 2. The normalized spacial score (nSPS) is 31.6. The zero-order valence-corrected chi connectivity index (χ0v) is 13.6. The van der Waals surface area contributed by atoms with Crippen LogP contribution in [0.15, 0.2) is 0 Å². The van der Waals surface area contributed by atoms with Crippen LogP contribution >= 0.6 is 0 Å². The molecule has 3 fully saturated rings. The summed E-state index contributed by atoms with van der Waals surface area (Å²) in [4.78, 5) is 29.6. The van der Waals surface area contributed by atoms with Crippen LogP contribution in [-0.2, 0) is 9.59 Å². The maximum atomic E-state index is 12.9. The van der Waals surface area contributed by atoms with E-state index >= 15 is 0 Å². The zero-order valence-electron chi connectivity index (χ0n) is 13.6. The van der Waals surface area contributed by atoms with Gasteiger partial charge in [-0.05, 0) is 43.4 Å². The van der Waals surface area contributed by atoms with Crippen LogP contribution in [0.2, 0.25) is 0 Å². The van der Waals surface area contributed by atoms with E-state index in [-0.39, 0.29) is 35.2 Å². The van der Waals surface area contributed by atoms with Crippen LogP contribution < -0.4 is 0 Å². The minimum absolute atomic E-state index is 0.165. The second kappa shape index (κ2) is 5.29. The topological polar surface area (TPSA) is 40.6 Å². The number of carbonyl (C=O) groups is 2. The van der Waals surface area contributed by atoms with Crippen LogP contribution in [0, 0.1) is 11.3 Å². The zero-order chi connectivity index (χ0) is 15.2. The molecule has 1 aliphatic carbocycles. The lowest BCUT2D eigenvalue weighted by molar-refractivity contribution is -0.164. The molecule has 0 N–H and O–H groups in total. The van der Waals surface area contributed by atoms with Crippen LogP contribution in [0.25, 0.3) is 0 Å². The average molecular weight is 292 g/mol. The van der Waals surface area contributed by atoms with Gasteiger partial charge in [0.2, 0.25) is 11.8 Å². The molecule has 0 aromatic carbocycles. The minimum atomic E-state index is -0.240. The largest absolute Gasteiger partial charge is 0.329 e. The summed E-state index contributed by atoms with van der Waals surface area (Å²) in [6.45, 7) is 7.92. The molecule has 118 valence electrons. The van der Waals surface area contributed by atoms with Crippen molar-refractivity contribution in [3.8, 4) is 0 Å². The number of fused-ring (bicyclic) bond motifs is 1. The Bertz CT molecular complexity index is 437. The first-order valence-electron chi connectivity index (χ1n) is 8.60. The standard InChI is InChI=1S/C17H28N2O2/c1-4-17(8-6-9-17)11-19-14(12(2)3)16(21)18-10-5-7-13(18)15(19)20/h12-14H,4-11H2,1-3H3. The molecule has 21 heavy (non-hydrogen) atoms. The molecule has 2 unspecified atom stereocenters. The first-order valence-corrected chi connectivity index (χ1v) is 8.60. The number of hydrogen-bond acceptors (Lipinski definition) is 2. The summed E-state index contributed by atoms with van der Waals surface area (Å²) in [6, 6.07) is -0.405. The molecule has 1 saturated carbocycles. The van der Waals surface area contributed by atoms with E-state index in [2.05, 4.69) is 20.8 Å². The van der Waals surface area contributed by atoms with Crippen molar-refractivity contribution in [2.75, 3.05) is 13.1 Å². The van der Waals surface area contributed by atoms with Crippen molar-refractivity contribution in [3.63, 3.8) is 0 Å². The second-order valence-electron chi connectivity index (χ2n) is 7.55. The molecule has 2 amide bonds. The maximum Gasteiger partial charge on any atom is 0.246 e. The van der Waals surface area contributed by atoms with Crippen molar-refractivity contribution >= 4 is 11.8 Å². The van der Waals surface area contributed by atoms with E-state index in [0.29, 0.717) is 0 Å². The lowest BCUT2D eigenvalue weighted by atomic mass is 9.66. The first-order chi connectivity index (χ1) is 9.99. The number of hydrogen-bond donors (Lipinski definition) is 0. The quantitative estimate of drug-likeness (QED) is 0.798. The first kappa shape index (κ1) is 14.9. The Kier molecular flexibility index (Phi) is 3.74. The Morgan fingerprint density at radius 3 is 2.43 bits per heavy atom. The SMILES string of the molecule is CCC1(CN2C(=O)C3CCCN3C(=O)C2C(C)C)CCC1. The predicted molar refractivity (Wildman–Crippen MR) is 81.6 cm³/mol. The number of rotatable bonds is 4. The smallest absolute Gasteiger partial charge is 0.246 e. The van der Waals surface area contributed by atoms with Gasteiger partial charge in [-0.15, -0.1) is 0 Å². The number of nitrogens with zero attached hydrogens (tertiary/aromatic N) is 2. The van der Waals surface area contributed by atoms with Gasteiger partial charge in [-0.3, -0.25) is 9.59 Å². The van der Waals surface area contributed by atoms with Gasteiger partial charge < -0.3 is 9.80 Å². The van der Waals surface area contributed by atoms with Crippen molar-refractivity contribution in [2.45, 2.75) is 71.4 Å². The van der Waals surface area contributed by atoms with Gasteiger partial charge in [0.05, 0.1) is 0 Å². The van der Waals surface area contributed by atoms with E-state index in [0.717, 1.165) is 32.4 Å². The highest BCUT2D eigenvalue weighted by atomic mass is 16.2. The fourth-order valence-electron chi connectivity index (χ4n) is 4.40. The molecule has 4 heteroatoms. The molecule has 0 bridgehead atoms. The monoisotopic (exact) mass is 292 g/mol. The molecule has 0 aromatic heterocycles. The summed E-state index contributed by atoms with van der Waals surface area (Å²) in [5.74, 6) is 0.597. The molecule has 2 saturated heterocycles. The number of carbonyl (C=O) groups excluding carboxylic acids is 2. The van der Waals surface area contributed by atoms with Gasteiger partial charge in [-0.2, -0.15) is 0 Å². The van der Waals surface area contributed by atoms with Gasteiger partial charge in [0.1, 0.15) is 12.1 Å². The van der Waals surface area contributed by atoms with E-state index < -0.39 is 0 Å². The molecule has 2 heterocycles. The highest BCUT2D eigenvalue weighted by Crippen LogP contribution is 2.45. The third-order valence-electron chi connectivity index (χ3n) is 5.99. The van der Waals surface area contributed by atoms with Crippen molar-refractivity contribution in [3.05, 3.63) is 0 Å². The third-order valence-corrected chi connectivity index (χ3v) is 5.99. The summed E-state index contributed by atoms with van der Waals surface area (Å²) in [5, 5.41) is 0. The molecular weight excluding hydrogens is 264 g/mol. The molecule has 0 aromatic rings. The van der Waals surface area contributed by atoms with E-state index in [1.807, 2.05) is 9.80 Å². The summed E-state index contributed by atoms with van der Waals surface area (Å²) < 4.78 is 0. The number of piperazine rings is 1. The molecular formula is C17H28N2O2. The Hall–Kier alpha value is -1.06. The van der Waals surface area contributed by atoms with Gasteiger partial charge in [0.15, 0.2) is 0 Å². The van der Waals surface area contributed by atoms with Crippen LogP contribution in [0.3, 0.4) is 0 Å². The summed E-state index contributed by atoms with van der Waals surface area (Å²) in [5.41, 5.74) is 0.282. The van der Waals surface area contributed by atoms with Gasteiger partial charge >= 0.3 is 0 Å². The van der Waals surface area contributed by atoms with E-state index in [1.54, 1.807) is 0 Å². The fraction of sp³-hybridized carbons (Fsp3) is 0.882. The third kappa shape index (κ3) is 2.27. The molecule has 3 aliphatic rings. The molecule has 4 nitrogen and oxygen atoms in total. The van der Waals surface area contributed by atoms with Crippen LogP contribution in [-0.4, -0.2) is 46.8 Å². The maximum absolute atomic E-state index is 12.9. The van der Waals surface area contributed by atoms with Crippen molar-refractivity contribution < 1.29 is 9.59 Å². The van der Waals surface area contributed by atoms with Crippen molar-refractivity contribution in [2.24, 2.45) is 11.3 Å². The average Bonchev–Trinajstić information content (AvgIpc) is 2.88. The molecule has 2 aliphatic heterocycles. The highest BCUT2D eigenvalue weighted by Gasteiger charge is 2.51. The van der Waals surface area contributed by atoms with E-state index in [9.17, 15) is 9.59 Å². The lowest BCUT2D eigenvalue weighted by Crippen LogP contribution is -2.66. The van der Waals surface area contributed by atoms with E-state index in [4.69, 9.17) is 0 Å². The van der Waals surface area contributed by atoms with Gasteiger partial charge in [0, 0.05) is 13.1 Å². The predicted octanol–water partition coefficient (Wildman–Crippen LogP) is 2.42. The minimum Gasteiger partial charge on any atom is -0.329 e. The molecule has 0 radical (unpaired) electrons. The Labute approximate surface area is 127 Å². The molecule has 0 spiro atoms.